The topological polar surface area (TPSA) is 79.0 Å². The normalized spacial score (nSPS) is 12.3. The molecule has 3 rings (SSSR count). The third kappa shape index (κ3) is 2.79. The smallest absolute Gasteiger partial charge is 0.330 e. The van der Waals surface area contributed by atoms with E-state index in [1.165, 1.54) is 11.8 Å². The number of benzene rings is 1. The summed E-state index contributed by atoms with van der Waals surface area (Å²) in [5.41, 5.74) is 3.75. The summed E-state index contributed by atoms with van der Waals surface area (Å²) in [5, 5.41) is 9.40. The zero-order chi connectivity index (χ0) is 19.0. The van der Waals surface area contributed by atoms with Gasteiger partial charge in [-0.15, -0.1) is 0 Å². The lowest BCUT2D eigenvalue weighted by atomic mass is 10.1. The van der Waals surface area contributed by atoms with Crippen LogP contribution in [-0.2, 0) is 9.53 Å². The molecular weight excluding hydrogens is 332 g/mol. The summed E-state index contributed by atoms with van der Waals surface area (Å²) in [7, 11) is 1.31. The van der Waals surface area contributed by atoms with Crippen LogP contribution in [0.1, 0.15) is 36.2 Å². The molecule has 0 aliphatic rings. The number of hydrogen-bond donors (Lipinski definition) is 0. The molecule has 136 valence electrons. The van der Waals surface area contributed by atoms with E-state index in [0.29, 0.717) is 23.0 Å². The maximum Gasteiger partial charge on any atom is 0.330 e. The molecule has 0 spiro atoms. The second-order valence-electron chi connectivity index (χ2n) is 6.37. The SMILES string of the molecule is CCC(C(=O)OC)n1nc(C)c2cnn(-c3ccc(C)c(C)c3)c2c1=O. The van der Waals surface area contributed by atoms with Crippen LogP contribution in [0.3, 0.4) is 0 Å². The van der Waals surface area contributed by atoms with Crippen LogP contribution in [0, 0.1) is 20.8 Å². The highest BCUT2D eigenvalue weighted by Crippen LogP contribution is 2.21. The molecule has 0 N–H and O–H groups in total. The van der Waals surface area contributed by atoms with Gasteiger partial charge in [-0.1, -0.05) is 13.0 Å². The molecule has 1 unspecified atom stereocenters. The average Bonchev–Trinajstić information content (AvgIpc) is 3.07. The Balaban J connectivity index is 2.30. The Bertz CT molecular complexity index is 1050. The number of fused-ring (bicyclic) bond motifs is 1. The van der Waals surface area contributed by atoms with Crippen LogP contribution in [0.15, 0.2) is 29.2 Å². The van der Waals surface area contributed by atoms with Crippen molar-refractivity contribution in [3.05, 3.63) is 51.6 Å². The lowest BCUT2D eigenvalue weighted by Gasteiger charge is -2.16. The van der Waals surface area contributed by atoms with Gasteiger partial charge in [-0.3, -0.25) is 4.79 Å². The molecule has 3 aromatic rings. The fraction of sp³-hybridized carbons (Fsp3) is 0.368. The van der Waals surface area contributed by atoms with Crippen LogP contribution in [0.5, 0.6) is 0 Å². The summed E-state index contributed by atoms with van der Waals surface area (Å²) in [6.07, 6.45) is 2.04. The lowest BCUT2D eigenvalue weighted by molar-refractivity contribution is -0.145. The molecule has 2 heterocycles. The van der Waals surface area contributed by atoms with Gasteiger partial charge < -0.3 is 4.74 Å². The predicted octanol–water partition coefficient (Wildman–Crippen LogP) is 2.63. The molecule has 0 aliphatic carbocycles. The Kier molecular flexibility index (Phi) is 4.63. The van der Waals surface area contributed by atoms with E-state index >= 15 is 0 Å². The van der Waals surface area contributed by atoms with Gasteiger partial charge in [0.05, 0.1) is 24.7 Å². The van der Waals surface area contributed by atoms with E-state index in [-0.39, 0.29) is 5.56 Å². The molecule has 1 aromatic carbocycles. The summed E-state index contributed by atoms with van der Waals surface area (Å²) < 4.78 is 7.65. The monoisotopic (exact) mass is 354 g/mol. The summed E-state index contributed by atoms with van der Waals surface area (Å²) in [6.45, 7) is 7.66. The highest BCUT2D eigenvalue weighted by molar-refractivity contribution is 5.82. The van der Waals surface area contributed by atoms with Gasteiger partial charge in [0.25, 0.3) is 5.56 Å². The van der Waals surface area contributed by atoms with Crippen molar-refractivity contribution < 1.29 is 9.53 Å². The lowest BCUT2D eigenvalue weighted by Crippen LogP contribution is -2.33. The first-order valence-electron chi connectivity index (χ1n) is 8.51. The Morgan fingerprint density at radius 3 is 2.58 bits per heavy atom. The van der Waals surface area contributed by atoms with E-state index in [4.69, 9.17) is 4.74 Å². The molecule has 7 nitrogen and oxygen atoms in total. The zero-order valence-corrected chi connectivity index (χ0v) is 15.6. The van der Waals surface area contributed by atoms with Crippen LogP contribution < -0.4 is 5.56 Å². The Labute approximate surface area is 151 Å². The fourth-order valence-electron chi connectivity index (χ4n) is 3.03. The molecule has 0 aliphatic heterocycles. The second-order valence-corrected chi connectivity index (χ2v) is 6.37. The van der Waals surface area contributed by atoms with Gasteiger partial charge >= 0.3 is 5.97 Å². The number of nitrogens with zero attached hydrogens (tertiary/aromatic N) is 4. The van der Waals surface area contributed by atoms with Crippen molar-refractivity contribution in [2.24, 2.45) is 0 Å². The quantitative estimate of drug-likeness (QED) is 0.673. The largest absolute Gasteiger partial charge is 0.467 e. The predicted molar refractivity (Wildman–Crippen MR) is 98.7 cm³/mol. The molecule has 7 heteroatoms. The first-order chi connectivity index (χ1) is 12.4. The first-order valence-corrected chi connectivity index (χ1v) is 8.51. The van der Waals surface area contributed by atoms with E-state index in [9.17, 15) is 9.59 Å². The molecule has 0 saturated carbocycles. The fourth-order valence-corrected chi connectivity index (χ4v) is 3.03. The van der Waals surface area contributed by atoms with E-state index in [1.54, 1.807) is 17.8 Å². The summed E-state index contributed by atoms with van der Waals surface area (Å²) in [4.78, 5) is 25.2. The molecule has 2 aromatic heterocycles. The van der Waals surface area contributed by atoms with Gasteiger partial charge in [-0.2, -0.15) is 10.2 Å². The van der Waals surface area contributed by atoms with Gasteiger partial charge in [0.2, 0.25) is 0 Å². The molecular formula is C19H22N4O3. The Hall–Kier alpha value is -2.96. The molecule has 0 bridgehead atoms. The number of hydrogen-bond acceptors (Lipinski definition) is 5. The molecule has 0 fully saturated rings. The third-order valence-corrected chi connectivity index (χ3v) is 4.72. The number of aryl methyl sites for hydroxylation is 3. The van der Waals surface area contributed by atoms with E-state index in [1.807, 2.05) is 39.0 Å². The van der Waals surface area contributed by atoms with Crippen molar-refractivity contribution in [3.63, 3.8) is 0 Å². The number of esters is 1. The van der Waals surface area contributed by atoms with E-state index < -0.39 is 12.0 Å². The summed E-state index contributed by atoms with van der Waals surface area (Å²) in [6, 6.07) is 5.14. The zero-order valence-electron chi connectivity index (χ0n) is 15.6. The van der Waals surface area contributed by atoms with Crippen LogP contribution in [0.4, 0.5) is 0 Å². The second kappa shape index (κ2) is 6.74. The van der Waals surface area contributed by atoms with E-state index in [2.05, 4.69) is 10.2 Å². The number of aromatic nitrogens is 4. The Morgan fingerprint density at radius 1 is 1.23 bits per heavy atom. The number of carbonyl (C=O) groups excluding carboxylic acids is 1. The summed E-state index contributed by atoms with van der Waals surface area (Å²) >= 11 is 0. The minimum Gasteiger partial charge on any atom is -0.467 e. The molecule has 0 radical (unpaired) electrons. The van der Waals surface area contributed by atoms with Gasteiger partial charge in [0.1, 0.15) is 5.52 Å². The maximum absolute atomic E-state index is 13.1. The van der Waals surface area contributed by atoms with Crippen molar-refractivity contribution in [1.82, 2.24) is 19.6 Å². The molecule has 26 heavy (non-hydrogen) atoms. The first kappa shape index (κ1) is 17.8. The van der Waals surface area contributed by atoms with Gasteiger partial charge in [-0.25, -0.2) is 14.2 Å². The van der Waals surface area contributed by atoms with Crippen molar-refractivity contribution in [2.75, 3.05) is 7.11 Å². The minimum atomic E-state index is -0.765. The Morgan fingerprint density at radius 2 is 1.96 bits per heavy atom. The van der Waals surface area contributed by atoms with Crippen LogP contribution >= 0.6 is 0 Å². The van der Waals surface area contributed by atoms with E-state index in [0.717, 1.165) is 16.8 Å². The highest BCUT2D eigenvalue weighted by Gasteiger charge is 2.25. The van der Waals surface area contributed by atoms with Crippen LogP contribution in [-0.4, -0.2) is 32.6 Å². The van der Waals surface area contributed by atoms with Crippen LogP contribution in [0.25, 0.3) is 16.6 Å². The molecule has 0 saturated heterocycles. The van der Waals surface area contributed by atoms with Gasteiger partial charge in [0, 0.05) is 5.39 Å². The molecule has 1 atom stereocenters. The molecule has 0 amide bonds. The van der Waals surface area contributed by atoms with Crippen molar-refractivity contribution in [1.29, 1.82) is 0 Å². The summed E-state index contributed by atoms with van der Waals surface area (Å²) in [5.74, 6) is -0.488. The van der Waals surface area contributed by atoms with Gasteiger partial charge in [0.15, 0.2) is 6.04 Å². The number of methoxy groups -OCH3 is 1. The van der Waals surface area contributed by atoms with Gasteiger partial charge in [-0.05, 0) is 50.5 Å². The minimum absolute atomic E-state index is 0.362. The standard InChI is InChI=1S/C19H22N4O3/c1-6-16(19(25)26-5)23-18(24)17-15(13(4)21-23)10-20-22(17)14-8-7-11(2)12(3)9-14/h7-10,16H,6H2,1-5H3. The number of carbonyl (C=O) groups is 1. The average molecular weight is 354 g/mol. The van der Waals surface area contributed by atoms with Crippen molar-refractivity contribution in [3.8, 4) is 5.69 Å². The van der Waals surface area contributed by atoms with Crippen molar-refractivity contribution >= 4 is 16.9 Å². The third-order valence-electron chi connectivity index (χ3n) is 4.72. The highest BCUT2D eigenvalue weighted by atomic mass is 16.5. The number of ether oxygens (including phenoxy) is 1. The number of rotatable bonds is 4. The van der Waals surface area contributed by atoms with Crippen molar-refractivity contribution in [2.45, 2.75) is 40.2 Å². The maximum atomic E-state index is 13.1. The van der Waals surface area contributed by atoms with Crippen LogP contribution in [0.2, 0.25) is 0 Å².